The van der Waals surface area contributed by atoms with E-state index >= 15 is 0 Å². The summed E-state index contributed by atoms with van der Waals surface area (Å²) in [6.45, 7) is 1.05. The molecule has 1 amide bonds. The summed E-state index contributed by atoms with van der Waals surface area (Å²) in [5.74, 6) is -2.08. The molecule has 0 unspecified atom stereocenters. The smallest absolute Gasteiger partial charge is 0.326 e. The molecular formula is C18H15BrFNO4. The Balaban J connectivity index is 1.84. The Labute approximate surface area is 152 Å². The largest absolute Gasteiger partial charge is 0.453 e. The third-order valence-corrected chi connectivity index (χ3v) is 3.83. The Bertz CT molecular complexity index is 775. The van der Waals surface area contributed by atoms with Crippen molar-refractivity contribution in [3.05, 3.63) is 69.9 Å². The van der Waals surface area contributed by atoms with Gasteiger partial charge in [0.15, 0.2) is 6.10 Å². The summed E-state index contributed by atoms with van der Waals surface area (Å²) in [4.78, 5) is 35.8. The third-order valence-electron chi connectivity index (χ3n) is 3.31. The molecule has 2 aromatic carbocycles. The van der Waals surface area contributed by atoms with Gasteiger partial charge in [0.2, 0.25) is 5.78 Å². The average Bonchev–Trinajstić information content (AvgIpc) is 2.60. The summed E-state index contributed by atoms with van der Waals surface area (Å²) < 4.78 is 18.7. The molecule has 0 saturated carbocycles. The molecule has 0 saturated heterocycles. The lowest BCUT2D eigenvalue weighted by molar-refractivity contribution is -0.145. The van der Waals surface area contributed by atoms with E-state index in [2.05, 4.69) is 21.2 Å². The molecule has 7 heteroatoms. The Kier molecular flexibility index (Phi) is 6.41. The number of carbonyl (C=O) groups is 3. The highest BCUT2D eigenvalue weighted by Gasteiger charge is 2.20. The second-order valence-corrected chi connectivity index (χ2v) is 6.11. The number of esters is 1. The first-order valence-corrected chi connectivity index (χ1v) is 8.19. The molecule has 0 spiro atoms. The van der Waals surface area contributed by atoms with Gasteiger partial charge in [-0.2, -0.15) is 0 Å². The Morgan fingerprint density at radius 3 is 2.20 bits per heavy atom. The van der Waals surface area contributed by atoms with Crippen LogP contribution in [0.15, 0.2) is 53.0 Å². The Morgan fingerprint density at radius 1 is 1.04 bits per heavy atom. The molecule has 130 valence electrons. The van der Waals surface area contributed by atoms with Crippen LogP contribution in [0.2, 0.25) is 0 Å². The maximum Gasteiger partial charge on any atom is 0.326 e. The van der Waals surface area contributed by atoms with Gasteiger partial charge in [-0.15, -0.1) is 0 Å². The molecule has 0 aliphatic heterocycles. The minimum Gasteiger partial charge on any atom is -0.453 e. The minimum atomic E-state index is -1.04. The number of rotatable bonds is 6. The molecule has 0 aliphatic rings. The van der Waals surface area contributed by atoms with Crippen molar-refractivity contribution in [1.82, 2.24) is 5.32 Å². The van der Waals surface area contributed by atoms with Crippen molar-refractivity contribution in [1.29, 1.82) is 0 Å². The number of amides is 1. The second-order valence-electron chi connectivity index (χ2n) is 5.19. The van der Waals surface area contributed by atoms with Crippen LogP contribution < -0.4 is 5.32 Å². The van der Waals surface area contributed by atoms with Crippen LogP contribution >= 0.6 is 15.9 Å². The van der Waals surface area contributed by atoms with Gasteiger partial charge < -0.3 is 10.1 Å². The van der Waals surface area contributed by atoms with Crippen molar-refractivity contribution in [2.24, 2.45) is 0 Å². The lowest BCUT2D eigenvalue weighted by Gasteiger charge is -2.13. The fourth-order valence-electron chi connectivity index (χ4n) is 2.00. The molecule has 1 N–H and O–H groups in total. The molecule has 0 fully saturated rings. The van der Waals surface area contributed by atoms with E-state index in [1.807, 2.05) is 0 Å². The first-order chi connectivity index (χ1) is 11.9. The number of Topliss-reactive ketones (excluding diaryl/α,β-unsaturated/α-hetero) is 1. The molecule has 25 heavy (non-hydrogen) atoms. The van der Waals surface area contributed by atoms with Crippen LogP contribution in [0, 0.1) is 5.82 Å². The molecule has 1 atom stereocenters. The number of ether oxygens (including phenoxy) is 1. The maximum absolute atomic E-state index is 12.9. The van der Waals surface area contributed by atoms with E-state index in [0.29, 0.717) is 5.56 Å². The molecule has 2 aromatic rings. The maximum atomic E-state index is 12.9. The van der Waals surface area contributed by atoms with E-state index in [4.69, 9.17) is 4.74 Å². The van der Waals surface area contributed by atoms with Crippen LogP contribution in [-0.4, -0.2) is 30.3 Å². The molecule has 0 heterocycles. The van der Waals surface area contributed by atoms with Gasteiger partial charge >= 0.3 is 5.97 Å². The molecule has 5 nitrogen and oxygen atoms in total. The van der Waals surface area contributed by atoms with Gasteiger partial charge in [-0.1, -0.05) is 15.9 Å². The van der Waals surface area contributed by atoms with Crippen LogP contribution in [0.1, 0.15) is 27.6 Å². The number of hydrogen-bond donors (Lipinski definition) is 1. The second kappa shape index (κ2) is 8.53. The van der Waals surface area contributed by atoms with Gasteiger partial charge in [0.25, 0.3) is 5.91 Å². The highest BCUT2D eigenvalue weighted by molar-refractivity contribution is 9.10. The first-order valence-electron chi connectivity index (χ1n) is 7.40. The molecule has 0 radical (unpaired) electrons. The van der Waals surface area contributed by atoms with E-state index in [-0.39, 0.29) is 12.1 Å². The predicted molar refractivity (Wildman–Crippen MR) is 92.8 cm³/mol. The first kappa shape index (κ1) is 18.8. The zero-order chi connectivity index (χ0) is 18.4. The number of carbonyl (C=O) groups excluding carboxylic acids is 3. The number of halogens is 2. The third kappa shape index (κ3) is 5.49. The summed E-state index contributed by atoms with van der Waals surface area (Å²) in [6.07, 6.45) is -1.04. The average molecular weight is 408 g/mol. The highest BCUT2D eigenvalue weighted by atomic mass is 79.9. The number of hydrogen-bond acceptors (Lipinski definition) is 4. The fourth-order valence-corrected chi connectivity index (χ4v) is 2.26. The highest BCUT2D eigenvalue weighted by Crippen LogP contribution is 2.10. The van der Waals surface area contributed by atoms with Crippen LogP contribution in [0.4, 0.5) is 4.39 Å². The van der Waals surface area contributed by atoms with Crippen LogP contribution in [0.5, 0.6) is 0 Å². The standard InChI is InChI=1S/C18H15BrFNO4/c1-11(17(23)12-4-8-15(20)9-5-12)25-16(22)10-21-18(24)13-2-6-14(19)7-3-13/h2-9,11H,10H2,1H3,(H,21,24)/t11-/m0/s1. The minimum absolute atomic E-state index is 0.237. The van der Waals surface area contributed by atoms with Gasteiger partial charge in [-0.25, -0.2) is 4.39 Å². The Hall–Kier alpha value is -2.54. The van der Waals surface area contributed by atoms with Crippen molar-refractivity contribution in [2.45, 2.75) is 13.0 Å². The van der Waals surface area contributed by atoms with Gasteiger partial charge in [-0.05, 0) is 55.5 Å². The van der Waals surface area contributed by atoms with Crippen molar-refractivity contribution in [3.63, 3.8) is 0 Å². The molecule has 0 bridgehead atoms. The zero-order valence-corrected chi connectivity index (χ0v) is 14.9. The normalized spacial score (nSPS) is 11.5. The van der Waals surface area contributed by atoms with E-state index < -0.39 is 29.6 Å². The summed E-state index contributed by atoms with van der Waals surface area (Å²) in [5, 5.41) is 2.42. The van der Waals surface area contributed by atoms with Crippen molar-refractivity contribution < 1.29 is 23.5 Å². The monoisotopic (exact) mass is 407 g/mol. The van der Waals surface area contributed by atoms with Crippen molar-refractivity contribution >= 4 is 33.6 Å². The van der Waals surface area contributed by atoms with Crippen LogP contribution in [-0.2, 0) is 9.53 Å². The summed E-state index contributed by atoms with van der Waals surface area (Å²) in [7, 11) is 0. The molecule has 0 aliphatic carbocycles. The number of ketones is 1. The summed E-state index contributed by atoms with van der Waals surface area (Å²) >= 11 is 3.26. The van der Waals surface area contributed by atoms with Crippen LogP contribution in [0.3, 0.4) is 0 Å². The summed E-state index contributed by atoms with van der Waals surface area (Å²) in [6, 6.07) is 11.6. The van der Waals surface area contributed by atoms with E-state index in [0.717, 1.165) is 16.6 Å². The molecule has 0 aromatic heterocycles. The summed E-state index contributed by atoms with van der Waals surface area (Å²) in [5.41, 5.74) is 0.632. The number of benzene rings is 2. The van der Waals surface area contributed by atoms with Gasteiger partial charge in [0, 0.05) is 15.6 Å². The lowest BCUT2D eigenvalue weighted by atomic mass is 10.1. The van der Waals surface area contributed by atoms with Gasteiger partial charge in [-0.3, -0.25) is 14.4 Å². The topological polar surface area (TPSA) is 72.5 Å². The number of nitrogens with one attached hydrogen (secondary N) is 1. The molecular weight excluding hydrogens is 393 g/mol. The Morgan fingerprint density at radius 2 is 1.60 bits per heavy atom. The van der Waals surface area contributed by atoms with Crippen molar-refractivity contribution in [2.75, 3.05) is 6.54 Å². The van der Waals surface area contributed by atoms with E-state index in [1.54, 1.807) is 24.3 Å². The SMILES string of the molecule is C[C@H](OC(=O)CNC(=O)c1ccc(Br)cc1)C(=O)c1ccc(F)cc1. The van der Waals surface area contributed by atoms with Crippen LogP contribution in [0.25, 0.3) is 0 Å². The van der Waals surface area contributed by atoms with Gasteiger partial charge in [0.1, 0.15) is 12.4 Å². The van der Waals surface area contributed by atoms with Gasteiger partial charge in [0.05, 0.1) is 0 Å². The predicted octanol–water partition coefficient (Wildman–Crippen LogP) is 3.13. The quantitative estimate of drug-likeness (QED) is 0.589. The van der Waals surface area contributed by atoms with E-state index in [1.165, 1.54) is 19.1 Å². The van der Waals surface area contributed by atoms with Crippen molar-refractivity contribution in [3.8, 4) is 0 Å². The fraction of sp³-hybridized carbons (Fsp3) is 0.167. The lowest BCUT2D eigenvalue weighted by Crippen LogP contribution is -2.34. The zero-order valence-electron chi connectivity index (χ0n) is 13.3. The molecule has 2 rings (SSSR count). The van der Waals surface area contributed by atoms with E-state index in [9.17, 15) is 18.8 Å².